The average Bonchev–Trinajstić information content (AvgIpc) is 3.27. The molecule has 1 aliphatic rings. The van der Waals surface area contributed by atoms with Crippen LogP contribution >= 0.6 is 11.3 Å². The van der Waals surface area contributed by atoms with Crippen molar-refractivity contribution >= 4 is 39.8 Å². The topological polar surface area (TPSA) is 87.7 Å². The van der Waals surface area contributed by atoms with E-state index in [0.717, 1.165) is 35.8 Å². The van der Waals surface area contributed by atoms with E-state index < -0.39 is 29.5 Å². The van der Waals surface area contributed by atoms with E-state index in [1.807, 2.05) is 0 Å². The van der Waals surface area contributed by atoms with Crippen LogP contribution in [0.4, 0.5) is 23.9 Å². The molecule has 1 aromatic heterocycles. The summed E-state index contributed by atoms with van der Waals surface area (Å²) in [6.07, 6.45) is -2.08. The van der Waals surface area contributed by atoms with Crippen LogP contribution in [-0.2, 0) is 33.3 Å². The van der Waals surface area contributed by atoms with E-state index >= 15 is 0 Å². The van der Waals surface area contributed by atoms with Gasteiger partial charge in [-0.1, -0.05) is 12.1 Å². The molecule has 0 spiro atoms. The van der Waals surface area contributed by atoms with Crippen molar-refractivity contribution in [2.75, 3.05) is 37.4 Å². The summed E-state index contributed by atoms with van der Waals surface area (Å²) in [5, 5.41) is 5.38. The summed E-state index contributed by atoms with van der Waals surface area (Å²) in [6.45, 7) is 1.42. The molecule has 0 atom stereocenters. The molecule has 1 aliphatic carbocycles. The van der Waals surface area contributed by atoms with E-state index in [-0.39, 0.29) is 25.4 Å². The highest BCUT2D eigenvalue weighted by atomic mass is 32.1. The fraction of sp³-hybridized carbons (Fsp3) is 0.409. The van der Waals surface area contributed by atoms with Crippen LogP contribution in [0.3, 0.4) is 0 Å². The number of rotatable bonds is 8. The van der Waals surface area contributed by atoms with Crippen LogP contribution in [0.15, 0.2) is 24.3 Å². The number of fused-ring (bicyclic) bond motifs is 1. The maximum atomic E-state index is 13.1. The lowest BCUT2D eigenvalue weighted by Gasteiger charge is -2.18. The van der Waals surface area contributed by atoms with Gasteiger partial charge in [-0.2, -0.15) is 13.2 Å². The molecule has 0 fully saturated rings. The monoisotopic (exact) mass is 483 g/mol. The highest BCUT2D eigenvalue weighted by molar-refractivity contribution is 7.17. The molecule has 0 unspecified atom stereocenters. The molecule has 2 aromatic rings. The summed E-state index contributed by atoms with van der Waals surface area (Å²) in [7, 11) is 1.50. The van der Waals surface area contributed by atoms with E-state index in [2.05, 4.69) is 10.6 Å². The Balaban J connectivity index is 1.60. The summed E-state index contributed by atoms with van der Waals surface area (Å²) >= 11 is 1.34. The molecule has 0 saturated carbocycles. The minimum atomic E-state index is -4.60. The number of nitrogens with zero attached hydrogens (tertiary/aromatic N) is 1. The SMILES string of the molecule is CCOC(=O)c1c(NC(=O)CN(C)CC(=O)Nc2ccccc2C(F)(F)F)sc2c1CCC2. The predicted octanol–water partition coefficient (Wildman–Crippen LogP) is 3.94. The molecule has 0 bridgehead atoms. The Hall–Kier alpha value is -2.92. The normalized spacial score (nSPS) is 13.0. The van der Waals surface area contributed by atoms with E-state index in [1.54, 1.807) is 6.92 Å². The van der Waals surface area contributed by atoms with E-state index in [4.69, 9.17) is 4.74 Å². The van der Waals surface area contributed by atoms with Crippen molar-refractivity contribution < 1.29 is 32.3 Å². The number of amides is 2. The van der Waals surface area contributed by atoms with Crippen molar-refractivity contribution in [1.29, 1.82) is 0 Å². The molecule has 11 heteroatoms. The van der Waals surface area contributed by atoms with Crippen LogP contribution in [0.2, 0.25) is 0 Å². The van der Waals surface area contributed by atoms with Gasteiger partial charge >= 0.3 is 12.1 Å². The third kappa shape index (κ3) is 6.11. The second kappa shape index (κ2) is 10.3. The van der Waals surface area contributed by atoms with Crippen LogP contribution in [0, 0.1) is 0 Å². The van der Waals surface area contributed by atoms with Crippen molar-refractivity contribution in [2.24, 2.45) is 0 Å². The number of aryl methyl sites for hydroxylation is 1. The van der Waals surface area contributed by atoms with E-state index in [9.17, 15) is 27.6 Å². The number of thiophene rings is 1. The second-order valence-corrected chi connectivity index (χ2v) is 8.70. The predicted molar refractivity (Wildman–Crippen MR) is 119 cm³/mol. The van der Waals surface area contributed by atoms with Gasteiger partial charge in [0.15, 0.2) is 0 Å². The molecule has 178 valence electrons. The smallest absolute Gasteiger partial charge is 0.418 e. The van der Waals surface area contributed by atoms with Gasteiger partial charge in [-0.3, -0.25) is 14.5 Å². The molecule has 0 aliphatic heterocycles. The first-order valence-corrected chi connectivity index (χ1v) is 11.2. The van der Waals surface area contributed by atoms with Crippen molar-refractivity contribution in [1.82, 2.24) is 4.90 Å². The summed E-state index contributed by atoms with van der Waals surface area (Å²) in [5.74, 6) is -1.63. The molecule has 3 rings (SSSR count). The van der Waals surface area contributed by atoms with Gasteiger partial charge in [-0.05, 0) is 50.9 Å². The van der Waals surface area contributed by atoms with E-state index in [1.165, 1.54) is 41.5 Å². The number of hydrogen-bond donors (Lipinski definition) is 2. The number of esters is 1. The van der Waals surface area contributed by atoms with Gasteiger partial charge in [0.05, 0.1) is 36.5 Å². The molecule has 1 aromatic carbocycles. The zero-order valence-corrected chi connectivity index (χ0v) is 19.0. The molecule has 2 amide bonds. The third-order valence-corrected chi connectivity index (χ3v) is 6.19. The first-order chi connectivity index (χ1) is 15.6. The number of ether oxygens (including phenoxy) is 1. The molecule has 0 saturated heterocycles. The Kier molecular flexibility index (Phi) is 7.75. The first-order valence-electron chi connectivity index (χ1n) is 10.4. The zero-order chi connectivity index (χ0) is 24.2. The maximum absolute atomic E-state index is 13.1. The summed E-state index contributed by atoms with van der Waals surface area (Å²) in [5.41, 5.74) is -0.00678. The number of carbonyl (C=O) groups excluding carboxylic acids is 3. The summed E-state index contributed by atoms with van der Waals surface area (Å²) in [4.78, 5) is 39.6. The second-order valence-electron chi connectivity index (χ2n) is 7.59. The number of halogens is 3. The number of carbonyl (C=O) groups is 3. The third-order valence-electron chi connectivity index (χ3n) is 4.99. The largest absolute Gasteiger partial charge is 0.462 e. The van der Waals surface area contributed by atoms with Crippen molar-refractivity contribution in [2.45, 2.75) is 32.4 Å². The van der Waals surface area contributed by atoms with Gasteiger partial charge < -0.3 is 15.4 Å². The van der Waals surface area contributed by atoms with Gasteiger partial charge in [0.2, 0.25) is 11.8 Å². The lowest BCUT2D eigenvalue weighted by molar-refractivity contribution is -0.137. The van der Waals surface area contributed by atoms with Crippen LogP contribution < -0.4 is 10.6 Å². The van der Waals surface area contributed by atoms with Gasteiger partial charge in [-0.15, -0.1) is 11.3 Å². The van der Waals surface area contributed by atoms with Crippen LogP contribution in [-0.4, -0.2) is 49.4 Å². The standard InChI is InChI=1S/C22H24F3N3O4S/c1-3-32-21(31)19-13-7-6-10-16(13)33-20(19)27-18(30)12-28(2)11-17(29)26-15-9-5-4-8-14(15)22(23,24)25/h4-5,8-9H,3,6-7,10-12H2,1-2H3,(H,26,29)(H,27,30). The Bertz CT molecular complexity index is 1050. The molecule has 33 heavy (non-hydrogen) atoms. The van der Waals surface area contributed by atoms with Gasteiger partial charge in [0, 0.05) is 4.88 Å². The van der Waals surface area contributed by atoms with Crippen molar-refractivity contribution in [3.8, 4) is 0 Å². The first kappa shape index (κ1) is 24.7. The zero-order valence-electron chi connectivity index (χ0n) is 18.2. The average molecular weight is 484 g/mol. The number of alkyl halides is 3. The fourth-order valence-electron chi connectivity index (χ4n) is 3.65. The molecule has 2 N–H and O–H groups in total. The van der Waals surface area contributed by atoms with Gasteiger partial charge in [-0.25, -0.2) is 4.79 Å². The Morgan fingerprint density at radius 1 is 1.09 bits per heavy atom. The summed E-state index contributed by atoms with van der Waals surface area (Å²) < 4.78 is 44.4. The number of para-hydroxylation sites is 1. The molecule has 0 radical (unpaired) electrons. The fourth-order valence-corrected chi connectivity index (χ4v) is 4.95. The van der Waals surface area contributed by atoms with Crippen molar-refractivity contribution in [3.05, 3.63) is 45.8 Å². The van der Waals surface area contributed by atoms with Crippen LogP contribution in [0.1, 0.15) is 39.7 Å². The number of benzene rings is 1. The van der Waals surface area contributed by atoms with Crippen LogP contribution in [0.5, 0.6) is 0 Å². The van der Waals surface area contributed by atoms with E-state index in [0.29, 0.717) is 10.6 Å². The molecule has 7 nitrogen and oxygen atoms in total. The highest BCUT2D eigenvalue weighted by Crippen LogP contribution is 2.39. The highest BCUT2D eigenvalue weighted by Gasteiger charge is 2.33. The Labute approximate surface area is 192 Å². The minimum absolute atomic E-state index is 0.195. The van der Waals surface area contributed by atoms with Gasteiger partial charge in [0.1, 0.15) is 5.00 Å². The lowest BCUT2D eigenvalue weighted by atomic mass is 10.1. The Morgan fingerprint density at radius 2 is 1.76 bits per heavy atom. The number of anilines is 2. The number of likely N-dealkylation sites (N-methyl/N-ethyl adjacent to an activating group) is 1. The van der Waals surface area contributed by atoms with Crippen LogP contribution in [0.25, 0.3) is 0 Å². The van der Waals surface area contributed by atoms with Crippen molar-refractivity contribution in [3.63, 3.8) is 0 Å². The lowest BCUT2D eigenvalue weighted by Crippen LogP contribution is -2.36. The quantitative estimate of drug-likeness (QED) is 0.556. The minimum Gasteiger partial charge on any atom is -0.462 e. The van der Waals surface area contributed by atoms with Gasteiger partial charge in [0.25, 0.3) is 0 Å². The molecule has 1 heterocycles. The Morgan fingerprint density at radius 3 is 2.42 bits per heavy atom. The number of nitrogens with one attached hydrogen (secondary N) is 2. The number of hydrogen-bond acceptors (Lipinski definition) is 6. The molecular formula is C22H24F3N3O4S. The summed E-state index contributed by atoms with van der Waals surface area (Å²) in [6, 6.07) is 4.67. The molecular weight excluding hydrogens is 459 g/mol. The maximum Gasteiger partial charge on any atom is 0.418 e.